The molecule has 518 valence electrons. The average molecular weight is 1280 g/mol. The van der Waals surface area contributed by atoms with E-state index < -0.39 is 0 Å². The quantitative estimate of drug-likeness (QED) is 0.0201. The summed E-state index contributed by atoms with van der Waals surface area (Å²) in [6.45, 7) is 19.6. The van der Waals surface area contributed by atoms with E-state index in [2.05, 4.69) is 95.9 Å². The van der Waals surface area contributed by atoms with Gasteiger partial charge in [0.1, 0.15) is 6.61 Å². The highest BCUT2D eigenvalue weighted by Gasteiger charge is 2.20. The molecule has 0 saturated carbocycles. The van der Waals surface area contributed by atoms with E-state index in [1.165, 1.54) is 180 Å². The number of piperazine rings is 1. The molecule has 1 rings (SSSR count). The van der Waals surface area contributed by atoms with Gasteiger partial charge >= 0.3 is 5.97 Å². The molecule has 0 aromatic rings. The van der Waals surface area contributed by atoms with Gasteiger partial charge in [-0.2, -0.15) is 0 Å². The van der Waals surface area contributed by atoms with Crippen molar-refractivity contribution < 1.29 is 30.0 Å². The van der Waals surface area contributed by atoms with Gasteiger partial charge in [0, 0.05) is 83.4 Å². The Kier molecular flexibility index (Phi) is 64.8. The van der Waals surface area contributed by atoms with E-state index in [9.17, 15) is 25.2 Å². The Hall–Kier alpha value is -1.19. The molecule has 1 aliphatic rings. The summed E-state index contributed by atoms with van der Waals surface area (Å²) in [6.07, 6.45) is 67.6. The van der Waals surface area contributed by atoms with E-state index in [0.717, 1.165) is 160 Å². The number of nitrogens with zero attached hydrogens (tertiary/aromatic N) is 4. The predicted molar refractivity (Wildman–Crippen MR) is 388 cm³/mol. The molecular weight excluding hydrogens is 1130 g/mol. The molecule has 0 radical (unpaired) electrons. The molecule has 1 fully saturated rings. The largest absolute Gasteiger partial charge is 0.464 e. The molecule has 0 spiro atoms. The maximum Gasteiger partial charge on any atom is 0.305 e. The first-order chi connectivity index (χ1) is 43.2. The van der Waals surface area contributed by atoms with Crippen LogP contribution in [-0.2, 0) is 9.53 Å². The number of ether oxygens (including phenoxy) is 1. The van der Waals surface area contributed by atoms with Crippen molar-refractivity contribution in [3.63, 3.8) is 0 Å². The van der Waals surface area contributed by atoms with Crippen LogP contribution < -0.4 is 0 Å². The first-order valence-corrected chi connectivity index (χ1v) is 40.3. The second-order valence-electron chi connectivity index (χ2n) is 26.4. The van der Waals surface area contributed by atoms with Gasteiger partial charge in [-0.1, -0.05) is 265 Å². The van der Waals surface area contributed by atoms with Crippen LogP contribution in [-0.4, -0.2) is 167 Å². The maximum atomic E-state index is 12.8. The van der Waals surface area contributed by atoms with Gasteiger partial charge in [0.15, 0.2) is 0 Å². The zero-order valence-electron chi connectivity index (χ0n) is 58.4. The van der Waals surface area contributed by atoms with Gasteiger partial charge in [-0.15, -0.1) is 0 Å². The van der Waals surface area contributed by atoms with Crippen LogP contribution in [0.4, 0.5) is 0 Å². The summed E-state index contributed by atoms with van der Waals surface area (Å²) in [4.78, 5) is 22.4. The lowest BCUT2D eigenvalue weighted by atomic mass is 10.0. The Labute approximate surface area is 553 Å². The molecule has 0 aliphatic carbocycles. The highest BCUT2D eigenvalue weighted by molar-refractivity contribution is 8.76. The first kappa shape index (κ1) is 84.8. The van der Waals surface area contributed by atoms with Gasteiger partial charge in [-0.3, -0.25) is 24.4 Å². The Morgan fingerprint density at radius 2 is 0.705 bits per heavy atom. The van der Waals surface area contributed by atoms with Crippen molar-refractivity contribution in [1.29, 1.82) is 0 Å². The minimum Gasteiger partial charge on any atom is -0.464 e. The number of hydrogen-bond acceptors (Lipinski definition) is 12. The van der Waals surface area contributed by atoms with Crippen LogP contribution in [0.15, 0.2) is 48.6 Å². The SMILES string of the molecule is CCCCC/C=C\C/C=C\CCCCCCC(O)CN(CCCSSCCN1CCN(CCOC(=O)CCCCN(CC(O)CCCCCCCCCC)CC(O)CCCCCCCCCC)CC1)CC(O)CCCCCC/C=C\C/C=C\CCCCC. The summed E-state index contributed by atoms with van der Waals surface area (Å²) in [5, 5.41) is 44.4. The van der Waals surface area contributed by atoms with E-state index in [1.54, 1.807) is 0 Å². The Morgan fingerprint density at radius 3 is 1.10 bits per heavy atom. The number of unbranched alkanes of at least 4 members (excludes halogenated alkanes) is 29. The zero-order valence-corrected chi connectivity index (χ0v) is 60.0. The fraction of sp³-hybridized carbons (Fsp3) is 0.882. The van der Waals surface area contributed by atoms with Crippen molar-refractivity contribution in [2.45, 2.75) is 335 Å². The lowest BCUT2D eigenvalue weighted by Gasteiger charge is -2.34. The standard InChI is InChI=1S/C76H146N4O6S2/c1-5-9-13-17-21-25-27-29-31-33-35-39-43-47-54-74(83)70-80(71-75(84)55-48-44-40-36-34-32-30-28-26-22-18-14-10-6-2)58-51-66-87-88-67-64-78-61-59-77(60-62-78)63-65-86-76(85)56-49-50-57-79(68-72(81)52-45-41-37-23-19-15-11-7-3)69-73(82)53-46-42-38-24-20-16-12-8-4/h21-22,25-26,29-32,72-75,81-84H,5-20,23-24,27-28,33-71H2,1-4H3/b25-21-,26-22-,31-29-,32-30-. The van der Waals surface area contributed by atoms with Crippen molar-refractivity contribution in [2.24, 2.45) is 0 Å². The monoisotopic (exact) mass is 1280 g/mol. The van der Waals surface area contributed by atoms with Gasteiger partial charge in [0.2, 0.25) is 0 Å². The predicted octanol–water partition coefficient (Wildman–Crippen LogP) is 19.0. The topological polar surface area (TPSA) is 120 Å². The molecule has 10 nitrogen and oxygen atoms in total. The van der Waals surface area contributed by atoms with E-state index in [-0.39, 0.29) is 30.4 Å². The molecule has 0 amide bonds. The number of rotatable bonds is 68. The third-order valence-corrected chi connectivity index (χ3v) is 20.1. The molecule has 4 atom stereocenters. The maximum absolute atomic E-state index is 12.8. The average Bonchev–Trinajstić information content (AvgIpc) is 3.71. The lowest BCUT2D eigenvalue weighted by Crippen LogP contribution is -2.47. The van der Waals surface area contributed by atoms with Gasteiger partial charge < -0.3 is 25.2 Å². The van der Waals surface area contributed by atoms with Crippen LogP contribution in [0, 0.1) is 0 Å². The molecule has 4 unspecified atom stereocenters. The van der Waals surface area contributed by atoms with Crippen LogP contribution in [0.3, 0.4) is 0 Å². The van der Waals surface area contributed by atoms with Crippen LogP contribution in [0.1, 0.15) is 310 Å². The molecular formula is C76H146N4O6S2. The first-order valence-electron chi connectivity index (χ1n) is 37.8. The number of aliphatic hydroxyl groups excluding tert-OH is 4. The second-order valence-corrected chi connectivity index (χ2v) is 29.1. The minimum absolute atomic E-state index is 0.119. The number of carbonyl (C=O) groups is 1. The van der Waals surface area contributed by atoms with Crippen molar-refractivity contribution in [3.05, 3.63) is 48.6 Å². The van der Waals surface area contributed by atoms with Crippen LogP contribution in [0.5, 0.6) is 0 Å². The zero-order chi connectivity index (χ0) is 63.7. The molecule has 1 heterocycles. The van der Waals surface area contributed by atoms with Gasteiger partial charge in [0.05, 0.1) is 24.4 Å². The van der Waals surface area contributed by atoms with Gasteiger partial charge in [-0.25, -0.2) is 0 Å². The summed E-state index contributed by atoms with van der Waals surface area (Å²) in [5.74, 6) is 2.05. The van der Waals surface area contributed by atoms with E-state index >= 15 is 0 Å². The van der Waals surface area contributed by atoms with Crippen LogP contribution in [0.2, 0.25) is 0 Å². The lowest BCUT2D eigenvalue weighted by molar-refractivity contribution is -0.144. The van der Waals surface area contributed by atoms with E-state index in [4.69, 9.17) is 4.74 Å². The van der Waals surface area contributed by atoms with Crippen molar-refractivity contribution >= 4 is 27.6 Å². The third kappa shape index (κ3) is 59.8. The number of aliphatic hydroxyl groups is 4. The number of carbonyl (C=O) groups excluding carboxylic acids is 1. The van der Waals surface area contributed by atoms with Crippen LogP contribution >= 0.6 is 21.6 Å². The molecule has 88 heavy (non-hydrogen) atoms. The fourth-order valence-corrected chi connectivity index (χ4v) is 14.1. The molecule has 0 aromatic heterocycles. The van der Waals surface area contributed by atoms with Crippen molar-refractivity contribution in [3.8, 4) is 0 Å². The smallest absolute Gasteiger partial charge is 0.305 e. The summed E-state index contributed by atoms with van der Waals surface area (Å²) in [5.41, 5.74) is 0. The Balaban J connectivity index is 2.41. The highest BCUT2D eigenvalue weighted by Crippen LogP contribution is 2.23. The molecule has 0 aromatic carbocycles. The minimum atomic E-state index is -0.379. The molecule has 1 aliphatic heterocycles. The molecule has 1 saturated heterocycles. The van der Waals surface area contributed by atoms with Crippen molar-refractivity contribution in [2.75, 3.05) is 96.6 Å². The third-order valence-electron chi connectivity index (χ3n) is 17.7. The Bertz CT molecular complexity index is 1480. The molecule has 0 bridgehead atoms. The number of allylic oxidation sites excluding steroid dienone is 8. The van der Waals surface area contributed by atoms with Crippen molar-refractivity contribution in [1.82, 2.24) is 19.6 Å². The van der Waals surface area contributed by atoms with Gasteiger partial charge in [-0.05, 0) is 122 Å². The van der Waals surface area contributed by atoms with E-state index in [1.807, 2.05) is 21.6 Å². The van der Waals surface area contributed by atoms with Crippen LogP contribution in [0.25, 0.3) is 0 Å². The molecule has 12 heteroatoms. The fourth-order valence-electron chi connectivity index (χ4n) is 12.0. The normalized spacial score (nSPS) is 15.2. The van der Waals surface area contributed by atoms with Gasteiger partial charge in [0.25, 0.3) is 0 Å². The van der Waals surface area contributed by atoms with E-state index in [0.29, 0.717) is 39.2 Å². The number of esters is 1. The highest BCUT2D eigenvalue weighted by atomic mass is 33.1. The Morgan fingerprint density at radius 1 is 0.386 bits per heavy atom. The summed E-state index contributed by atoms with van der Waals surface area (Å²) < 4.78 is 5.73. The summed E-state index contributed by atoms with van der Waals surface area (Å²) in [7, 11) is 3.94. The number of hydrogen-bond donors (Lipinski definition) is 4. The summed E-state index contributed by atoms with van der Waals surface area (Å²) in [6, 6.07) is 0. The summed E-state index contributed by atoms with van der Waals surface area (Å²) >= 11 is 0. The molecule has 4 N–H and O–H groups in total. The second kappa shape index (κ2) is 67.2.